The van der Waals surface area contributed by atoms with Crippen molar-refractivity contribution < 1.29 is 14.0 Å². The molecule has 2 aromatic heterocycles. The molecular formula is C16H10N4O3S. The van der Waals surface area contributed by atoms with E-state index >= 15 is 0 Å². The number of rotatable bonds is 4. The Labute approximate surface area is 140 Å². The van der Waals surface area contributed by atoms with Crippen molar-refractivity contribution >= 4 is 34.9 Å². The van der Waals surface area contributed by atoms with E-state index < -0.39 is 5.91 Å². The van der Waals surface area contributed by atoms with Crippen LogP contribution in [0.1, 0.15) is 25.7 Å². The van der Waals surface area contributed by atoms with E-state index in [1.807, 2.05) is 6.07 Å². The van der Waals surface area contributed by atoms with Gasteiger partial charge in [-0.15, -0.1) is 11.3 Å². The molecule has 0 spiro atoms. The minimum absolute atomic E-state index is 0.0128. The number of amides is 2. The third-order valence-electron chi connectivity index (χ3n) is 2.95. The smallest absolute Gasteiger partial charge is 0.302 e. The highest BCUT2D eigenvalue weighted by molar-refractivity contribution is 7.12. The number of hydrogen-bond acceptors (Lipinski definition) is 6. The lowest BCUT2D eigenvalue weighted by Crippen LogP contribution is -2.13. The normalized spacial score (nSPS) is 9.96. The van der Waals surface area contributed by atoms with Gasteiger partial charge < -0.3 is 9.73 Å². The third-order valence-corrected chi connectivity index (χ3v) is 3.82. The summed E-state index contributed by atoms with van der Waals surface area (Å²) in [7, 11) is 0. The minimum Gasteiger partial charge on any atom is -0.431 e. The summed E-state index contributed by atoms with van der Waals surface area (Å²) in [6.45, 7) is 0. The van der Waals surface area contributed by atoms with Gasteiger partial charge in [0, 0.05) is 5.69 Å². The van der Waals surface area contributed by atoms with Gasteiger partial charge in [0.2, 0.25) is 0 Å². The van der Waals surface area contributed by atoms with Crippen LogP contribution < -0.4 is 10.6 Å². The molecule has 0 aliphatic heterocycles. The van der Waals surface area contributed by atoms with Crippen LogP contribution in [0.3, 0.4) is 0 Å². The number of hydrogen-bond donors (Lipinski definition) is 2. The molecule has 3 rings (SSSR count). The van der Waals surface area contributed by atoms with Gasteiger partial charge in [0.25, 0.3) is 11.8 Å². The quantitative estimate of drug-likeness (QED) is 0.760. The average Bonchev–Trinajstić information content (AvgIpc) is 3.26. The Morgan fingerprint density at radius 2 is 2.04 bits per heavy atom. The van der Waals surface area contributed by atoms with Gasteiger partial charge in [-0.05, 0) is 29.6 Å². The van der Waals surface area contributed by atoms with Crippen LogP contribution in [-0.2, 0) is 0 Å². The molecule has 0 aliphatic rings. The second kappa shape index (κ2) is 6.76. The number of aromatic nitrogens is 1. The summed E-state index contributed by atoms with van der Waals surface area (Å²) in [6, 6.07) is 11.8. The Morgan fingerprint density at radius 3 is 2.79 bits per heavy atom. The molecule has 2 N–H and O–H groups in total. The van der Waals surface area contributed by atoms with Gasteiger partial charge in [-0.3, -0.25) is 14.9 Å². The molecule has 0 saturated heterocycles. The fourth-order valence-electron chi connectivity index (χ4n) is 1.86. The second-order valence-electron chi connectivity index (χ2n) is 4.62. The van der Waals surface area contributed by atoms with Gasteiger partial charge in [0.05, 0.1) is 16.5 Å². The summed E-state index contributed by atoms with van der Waals surface area (Å²) in [5.41, 5.74) is 0.905. The van der Waals surface area contributed by atoms with E-state index in [-0.39, 0.29) is 17.6 Å². The zero-order valence-corrected chi connectivity index (χ0v) is 13.0. The van der Waals surface area contributed by atoms with Crippen molar-refractivity contribution in [3.63, 3.8) is 0 Å². The van der Waals surface area contributed by atoms with E-state index in [9.17, 15) is 9.59 Å². The fourth-order valence-corrected chi connectivity index (χ4v) is 2.48. The Bertz CT molecular complexity index is 925. The predicted molar refractivity (Wildman–Crippen MR) is 87.9 cm³/mol. The molecule has 8 heteroatoms. The molecule has 0 fully saturated rings. The molecule has 0 saturated carbocycles. The van der Waals surface area contributed by atoms with Gasteiger partial charge in [-0.2, -0.15) is 10.2 Å². The van der Waals surface area contributed by atoms with Gasteiger partial charge in [-0.1, -0.05) is 12.1 Å². The maximum Gasteiger partial charge on any atom is 0.302 e. The maximum absolute atomic E-state index is 12.1. The number of anilines is 2. The number of thiophene rings is 1. The van der Waals surface area contributed by atoms with Crippen molar-refractivity contribution in [1.82, 2.24) is 4.98 Å². The van der Waals surface area contributed by atoms with Crippen LogP contribution in [0.15, 0.2) is 52.5 Å². The zero-order chi connectivity index (χ0) is 16.9. The van der Waals surface area contributed by atoms with Crippen molar-refractivity contribution in [2.24, 2.45) is 0 Å². The number of nitriles is 1. The Hall–Kier alpha value is -3.44. The number of nitrogens with zero attached hydrogens (tertiary/aromatic N) is 2. The fraction of sp³-hybridized carbons (Fsp3) is 0. The molecular weight excluding hydrogens is 328 g/mol. The topological polar surface area (TPSA) is 108 Å². The number of carbonyl (C=O) groups is 2. The first-order valence-corrected chi connectivity index (χ1v) is 7.65. The molecule has 0 bridgehead atoms. The Balaban J connectivity index is 1.67. The molecule has 0 unspecified atom stereocenters. The first-order chi connectivity index (χ1) is 11.7. The minimum atomic E-state index is -0.509. The molecule has 0 aliphatic carbocycles. The number of benzene rings is 1. The number of nitrogens with one attached hydrogen (secondary N) is 2. The highest BCUT2D eigenvalue weighted by atomic mass is 32.1. The Kier molecular flexibility index (Phi) is 4.36. The van der Waals surface area contributed by atoms with E-state index in [2.05, 4.69) is 15.6 Å². The highest BCUT2D eigenvalue weighted by Crippen LogP contribution is 2.15. The second-order valence-corrected chi connectivity index (χ2v) is 5.56. The lowest BCUT2D eigenvalue weighted by Gasteiger charge is -2.02. The largest absolute Gasteiger partial charge is 0.431 e. The molecule has 0 radical (unpaired) electrons. The van der Waals surface area contributed by atoms with E-state index in [1.54, 1.807) is 35.7 Å². The number of oxazole rings is 1. The van der Waals surface area contributed by atoms with E-state index in [0.717, 1.165) is 6.26 Å². The Morgan fingerprint density at radius 1 is 1.17 bits per heavy atom. The molecule has 3 aromatic rings. The zero-order valence-electron chi connectivity index (χ0n) is 12.1. The maximum atomic E-state index is 12.1. The van der Waals surface area contributed by atoms with Crippen LogP contribution in [0.5, 0.6) is 0 Å². The number of carbonyl (C=O) groups excluding carboxylic acids is 2. The average molecular weight is 338 g/mol. The summed E-state index contributed by atoms with van der Waals surface area (Å²) in [5, 5.41) is 15.7. The monoisotopic (exact) mass is 338 g/mol. The van der Waals surface area contributed by atoms with Crippen molar-refractivity contribution in [1.29, 1.82) is 5.26 Å². The summed E-state index contributed by atoms with van der Waals surface area (Å²) in [6.07, 6.45) is 1.15. The van der Waals surface area contributed by atoms with Crippen LogP contribution >= 0.6 is 11.3 Å². The molecule has 2 amide bonds. The SMILES string of the molecule is N#Cc1cccc(NC(=O)c2coc(NC(=O)c3cccs3)n2)c1. The molecule has 7 nitrogen and oxygen atoms in total. The highest BCUT2D eigenvalue weighted by Gasteiger charge is 2.15. The lowest BCUT2D eigenvalue weighted by molar-refractivity contribution is 0.101. The standard InChI is InChI=1S/C16H10N4O3S/c17-8-10-3-1-4-11(7-10)18-14(21)12-9-23-16(19-12)20-15(22)13-5-2-6-24-13/h1-7,9H,(H,18,21)(H,19,20,22). The predicted octanol–water partition coefficient (Wildman–Crippen LogP) is 3.11. The van der Waals surface area contributed by atoms with Crippen LogP contribution in [0, 0.1) is 11.3 Å². The summed E-state index contributed by atoms with van der Waals surface area (Å²) < 4.78 is 5.09. The van der Waals surface area contributed by atoms with Gasteiger partial charge in [0.1, 0.15) is 6.26 Å². The van der Waals surface area contributed by atoms with Crippen molar-refractivity contribution in [2.75, 3.05) is 10.6 Å². The summed E-state index contributed by atoms with van der Waals surface area (Å²) >= 11 is 1.28. The van der Waals surface area contributed by atoms with Crippen molar-refractivity contribution in [3.8, 4) is 6.07 Å². The molecule has 0 atom stereocenters. The van der Waals surface area contributed by atoms with Crippen LogP contribution in [0.25, 0.3) is 0 Å². The van der Waals surface area contributed by atoms with Gasteiger partial charge >= 0.3 is 6.01 Å². The van der Waals surface area contributed by atoms with Crippen molar-refractivity contribution in [2.45, 2.75) is 0 Å². The summed E-state index contributed by atoms with van der Waals surface area (Å²) in [4.78, 5) is 28.4. The van der Waals surface area contributed by atoms with Crippen LogP contribution in [0.2, 0.25) is 0 Å². The van der Waals surface area contributed by atoms with Gasteiger partial charge in [0.15, 0.2) is 5.69 Å². The lowest BCUT2D eigenvalue weighted by atomic mass is 10.2. The van der Waals surface area contributed by atoms with Crippen molar-refractivity contribution in [3.05, 3.63) is 64.2 Å². The van der Waals surface area contributed by atoms with Crippen LogP contribution in [-0.4, -0.2) is 16.8 Å². The third kappa shape index (κ3) is 3.48. The summed E-state index contributed by atoms with van der Waals surface area (Å²) in [5.74, 6) is -0.869. The first-order valence-electron chi connectivity index (χ1n) is 6.77. The molecule has 24 heavy (non-hydrogen) atoms. The van der Waals surface area contributed by atoms with E-state index in [0.29, 0.717) is 16.1 Å². The first kappa shape index (κ1) is 15.5. The van der Waals surface area contributed by atoms with Gasteiger partial charge in [-0.25, -0.2) is 0 Å². The molecule has 1 aromatic carbocycles. The van der Waals surface area contributed by atoms with E-state index in [4.69, 9.17) is 9.68 Å². The molecule has 118 valence electrons. The van der Waals surface area contributed by atoms with E-state index in [1.165, 1.54) is 17.4 Å². The molecule has 2 heterocycles. The van der Waals surface area contributed by atoms with Crippen LogP contribution in [0.4, 0.5) is 11.7 Å².